The Kier molecular flexibility index (Phi) is 23.6. The van der Waals surface area contributed by atoms with Crippen LogP contribution < -0.4 is 60.2 Å². The zero-order valence-corrected chi connectivity index (χ0v) is 46.5. The highest BCUT2D eigenvalue weighted by atomic mass is 33.1. The fourth-order valence-electron chi connectivity index (χ4n) is 9.96. The molecule has 0 bridgehead atoms. The Morgan fingerprint density at radius 3 is 1.78 bits per heavy atom. The summed E-state index contributed by atoms with van der Waals surface area (Å²) in [4.78, 5) is 145. The molecule has 0 radical (unpaired) electrons. The van der Waals surface area contributed by atoms with Gasteiger partial charge in [-0.05, 0) is 67.3 Å². The molecule has 0 aromatic heterocycles. The first kappa shape index (κ1) is 62.3. The number of aromatic hydroxyl groups is 1. The Balaban J connectivity index is 1.37. The number of primary amides is 2. The van der Waals surface area contributed by atoms with Crippen molar-refractivity contribution < 1.29 is 53.1 Å². The van der Waals surface area contributed by atoms with Gasteiger partial charge in [0.2, 0.25) is 59.1 Å². The molecule has 2 saturated heterocycles. The fraction of sp³-hybridized carbons (Fsp3) is 0.473. The number of nitrogens with zero attached hydrogens (tertiary/aromatic N) is 2. The van der Waals surface area contributed by atoms with Gasteiger partial charge in [-0.25, -0.2) is 0 Å². The number of amides is 10. The highest BCUT2D eigenvalue weighted by molar-refractivity contribution is 8.77. The summed E-state index contributed by atoms with van der Waals surface area (Å²) in [6.07, 6.45) is 3.37. The van der Waals surface area contributed by atoms with Crippen LogP contribution in [0.4, 0.5) is 0 Å². The van der Waals surface area contributed by atoms with E-state index in [1.165, 1.54) is 50.8 Å². The third-order valence-corrected chi connectivity index (χ3v) is 17.4. The number of guanidine groups is 1. The Hall–Kier alpha value is -7.87. The van der Waals surface area contributed by atoms with Gasteiger partial charge in [-0.3, -0.25) is 52.9 Å². The molecular formula is C55H73N13O11S2. The van der Waals surface area contributed by atoms with Crippen molar-refractivity contribution in [3.8, 4) is 5.75 Å². The summed E-state index contributed by atoms with van der Waals surface area (Å²) in [5.41, 5.74) is 23.7. The zero-order valence-electron chi connectivity index (χ0n) is 44.9. The molecule has 26 heteroatoms. The number of rotatable bonds is 18. The second kappa shape index (κ2) is 30.6. The lowest BCUT2D eigenvalue weighted by Crippen LogP contribution is -2.61. The van der Waals surface area contributed by atoms with Crippen LogP contribution in [0.15, 0.2) is 89.9 Å². The molecule has 81 heavy (non-hydrogen) atoms. The minimum absolute atomic E-state index is 0.0295. The molecule has 436 valence electrons. The molecule has 3 aromatic carbocycles. The third-order valence-electron chi connectivity index (χ3n) is 14.1. The first-order chi connectivity index (χ1) is 38.8. The highest BCUT2D eigenvalue weighted by Gasteiger charge is 2.42. The lowest BCUT2D eigenvalue weighted by molar-refractivity contribution is -0.142. The molecule has 2 heterocycles. The van der Waals surface area contributed by atoms with Crippen molar-refractivity contribution in [3.63, 3.8) is 0 Å². The van der Waals surface area contributed by atoms with Crippen LogP contribution in [-0.4, -0.2) is 147 Å². The number of benzene rings is 3. The molecule has 3 aliphatic rings. The van der Waals surface area contributed by atoms with Gasteiger partial charge in [0, 0.05) is 49.3 Å². The lowest BCUT2D eigenvalue weighted by Gasteiger charge is -2.37. The second-order valence-corrected chi connectivity index (χ2v) is 23.3. The van der Waals surface area contributed by atoms with Gasteiger partial charge < -0.3 is 70.2 Å². The quantitative estimate of drug-likeness (QED) is 0.0326. The number of nitrogens with two attached hydrogens (primary N) is 4. The number of phenolic OH excluding ortho intramolecular Hbond substituents is 1. The van der Waals surface area contributed by atoms with Gasteiger partial charge >= 0.3 is 0 Å². The Morgan fingerprint density at radius 2 is 1.22 bits per heavy atom. The van der Waals surface area contributed by atoms with Crippen molar-refractivity contribution in [1.29, 1.82) is 0 Å². The molecule has 7 atom stereocenters. The lowest BCUT2D eigenvalue weighted by atomic mass is 9.85. The van der Waals surface area contributed by atoms with E-state index in [1.54, 1.807) is 42.5 Å². The normalized spacial score (nSPS) is 22.5. The van der Waals surface area contributed by atoms with Crippen molar-refractivity contribution in [3.05, 3.63) is 102 Å². The summed E-state index contributed by atoms with van der Waals surface area (Å²) < 4.78 is -0.717. The van der Waals surface area contributed by atoms with Gasteiger partial charge in [0.25, 0.3) is 0 Å². The van der Waals surface area contributed by atoms with Crippen molar-refractivity contribution in [1.82, 2.24) is 42.1 Å². The van der Waals surface area contributed by atoms with E-state index in [9.17, 15) is 48.3 Å². The predicted molar refractivity (Wildman–Crippen MR) is 305 cm³/mol. The maximum atomic E-state index is 15.0. The minimum Gasteiger partial charge on any atom is -0.508 e. The summed E-state index contributed by atoms with van der Waals surface area (Å²) in [6.45, 7) is -0.347. The molecule has 1 saturated carbocycles. The van der Waals surface area contributed by atoms with Crippen LogP contribution in [0.5, 0.6) is 5.75 Å². The van der Waals surface area contributed by atoms with Gasteiger partial charge in [0.15, 0.2) is 5.96 Å². The van der Waals surface area contributed by atoms with Crippen molar-refractivity contribution in [2.45, 2.75) is 137 Å². The third kappa shape index (κ3) is 19.7. The van der Waals surface area contributed by atoms with E-state index < -0.39 is 119 Å². The van der Waals surface area contributed by atoms with Gasteiger partial charge in [0.1, 0.15) is 48.0 Å². The molecular weight excluding hydrogens is 1080 g/mol. The summed E-state index contributed by atoms with van der Waals surface area (Å²) >= 11 is 0. The number of hydrogen-bond donors (Lipinski definition) is 12. The summed E-state index contributed by atoms with van der Waals surface area (Å²) in [6, 6.07) is 14.1. The topological polar surface area (TPSA) is 395 Å². The van der Waals surface area contributed by atoms with E-state index in [0.717, 1.165) is 24.8 Å². The maximum absolute atomic E-state index is 15.0. The molecule has 2 aliphatic heterocycles. The van der Waals surface area contributed by atoms with Crippen LogP contribution in [0, 0.1) is 0 Å². The van der Waals surface area contributed by atoms with Gasteiger partial charge in [-0.15, -0.1) is 0 Å². The minimum atomic E-state index is -1.73. The van der Waals surface area contributed by atoms with E-state index in [4.69, 9.17) is 22.9 Å². The van der Waals surface area contributed by atoms with Gasteiger partial charge in [0.05, 0.1) is 13.0 Å². The Bertz CT molecular complexity index is 2730. The van der Waals surface area contributed by atoms with Crippen LogP contribution in [0.1, 0.15) is 87.3 Å². The van der Waals surface area contributed by atoms with E-state index in [0.29, 0.717) is 30.4 Å². The standard InChI is InChI=1S/C55H73N13O11S2/c56-44(70)29-41-51(77)67-42(53(79)68-25-11-17-43(68)52(78)63-37(16-10-24-60-54(58)59)47(73)61-31-45(57)71)32-80-81-55(22-8-3-9-23-55)30-46(72)62-38(26-33-12-4-1-5-13-33)48(74)64-39(27-34-14-6-2-7-15-34)49(75)65-40(50(76)66-41)28-35-18-20-36(69)21-19-35/h1-2,4-7,12-15,18-21,37-43,69H,3,8-11,16-17,22-32H2,(H2,56,70)(H2,57,71)(H,61,73)(H,62,72)(H,63,78)(H,64,74)(H,65,75)(H,66,76)(H,67,77)(H4,58,59,60)/t37-,38+,39-,40-,41-,42-,43-/m0/s1. The molecule has 3 fully saturated rings. The monoisotopic (exact) mass is 1160 g/mol. The molecule has 3 aromatic rings. The molecule has 0 unspecified atom stereocenters. The number of phenols is 1. The Morgan fingerprint density at radius 1 is 0.679 bits per heavy atom. The summed E-state index contributed by atoms with van der Waals surface area (Å²) in [5.74, 6) is -8.27. The first-order valence-corrected chi connectivity index (χ1v) is 29.3. The van der Waals surface area contributed by atoms with Crippen molar-refractivity contribution in [2.24, 2.45) is 27.9 Å². The maximum Gasteiger partial charge on any atom is 0.246 e. The average molecular weight is 1160 g/mol. The first-order valence-electron chi connectivity index (χ1n) is 27.0. The molecule has 10 amide bonds. The van der Waals surface area contributed by atoms with E-state index in [1.807, 2.05) is 18.2 Å². The SMILES string of the molecule is NC(=O)CNC(=O)[C@H](CCCN=C(N)N)NC(=O)[C@@H]1CCCN1C(=O)[C@@H]1CSSC2(CCCCC2)CC(=O)N[C@H](Cc2ccccc2)C(=O)N[C@@H](Cc2ccccc2)C(=O)N[C@@H](Cc2ccc(O)cc2)C(=O)N[C@@H](CC(N)=O)C(=O)N1. The van der Waals surface area contributed by atoms with Gasteiger partial charge in [-0.1, -0.05) is 114 Å². The largest absolute Gasteiger partial charge is 0.508 e. The van der Waals surface area contributed by atoms with Gasteiger partial charge in [-0.2, -0.15) is 0 Å². The van der Waals surface area contributed by atoms with Crippen LogP contribution in [0.2, 0.25) is 0 Å². The number of hydrogen-bond acceptors (Lipinski definition) is 14. The zero-order chi connectivity index (χ0) is 58.5. The second-order valence-electron chi connectivity index (χ2n) is 20.5. The molecule has 1 spiro atoms. The molecule has 16 N–H and O–H groups in total. The van der Waals surface area contributed by atoms with E-state index >= 15 is 4.79 Å². The molecule has 1 aliphatic carbocycles. The van der Waals surface area contributed by atoms with Crippen molar-refractivity contribution in [2.75, 3.05) is 25.4 Å². The molecule has 24 nitrogen and oxygen atoms in total. The summed E-state index contributed by atoms with van der Waals surface area (Å²) in [7, 11) is 2.57. The smallest absolute Gasteiger partial charge is 0.246 e. The number of carbonyl (C=O) groups excluding carboxylic acids is 10. The van der Waals surface area contributed by atoms with Crippen molar-refractivity contribution >= 4 is 86.6 Å². The Labute approximate surface area is 477 Å². The van der Waals surface area contributed by atoms with E-state index in [2.05, 4.69) is 42.2 Å². The number of carbonyl (C=O) groups is 10. The van der Waals surface area contributed by atoms with Crippen LogP contribution >= 0.6 is 21.6 Å². The number of likely N-dealkylation sites (tertiary alicyclic amines) is 1. The fourth-order valence-corrected chi connectivity index (χ4v) is 13.3. The number of aliphatic imine (C=N–C) groups is 1. The van der Waals surface area contributed by atoms with Crippen LogP contribution in [0.3, 0.4) is 0 Å². The average Bonchev–Trinajstić information content (AvgIpc) is 4.11. The van der Waals surface area contributed by atoms with Crippen LogP contribution in [0.25, 0.3) is 0 Å². The summed E-state index contributed by atoms with van der Waals surface area (Å²) in [5, 5.41) is 29.1. The van der Waals surface area contributed by atoms with Crippen LogP contribution in [-0.2, 0) is 67.2 Å². The predicted octanol–water partition coefficient (Wildman–Crippen LogP) is -0.662. The highest BCUT2D eigenvalue weighted by Crippen LogP contribution is 2.48. The molecule has 6 rings (SSSR count). The van der Waals surface area contributed by atoms with E-state index in [-0.39, 0.29) is 75.5 Å². The number of nitrogens with one attached hydrogen (secondary N) is 7.